The molecule has 1 aliphatic rings. The highest BCUT2D eigenvalue weighted by Gasteiger charge is 2.19. The second kappa shape index (κ2) is 8.47. The van der Waals surface area contributed by atoms with E-state index >= 15 is 0 Å². The van der Waals surface area contributed by atoms with Gasteiger partial charge in [-0.25, -0.2) is 4.39 Å². The molecule has 152 valence electrons. The Morgan fingerprint density at radius 3 is 2.77 bits per heavy atom. The number of aliphatic hydroxyl groups is 1. The molecule has 3 aromatic carbocycles. The zero-order chi connectivity index (χ0) is 21.1. The minimum absolute atomic E-state index is 0.0805. The van der Waals surface area contributed by atoms with Crippen molar-refractivity contribution in [3.8, 4) is 16.9 Å². The molecule has 30 heavy (non-hydrogen) atoms. The SMILES string of the molecule is COc1cccc(C(CO)NC(=O)c2cc(-c3ccc4c(c3)C=NC4)ccc2F)c1. The van der Waals surface area contributed by atoms with E-state index in [0.717, 1.165) is 22.3 Å². The van der Waals surface area contributed by atoms with Gasteiger partial charge in [-0.2, -0.15) is 0 Å². The number of ether oxygens (including phenoxy) is 1. The monoisotopic (exact) mass is 404 g/mol. The molecular weight excluding hydrogens is 383 g/mol. The molecule has 0 saturated heterocycles. The summed E-state index contributed by atoms with van der Waals surface area (Å²) in [7, 11) is 1.54. The number of carbonyl (C=O) groups is 1. The number of rotatable bonds is 6. The Balaban J connectivity index is 1.60. The summed E-state index contributed by atoms with van der Waals surface area (Å²) in [4.78, 5) is 17.1. The molecule has 0 aliphatic carbocycles. The number of nitrogens with one attached hydrogen (secondary N) is 1. The first-order chi connectivity index (χ1) is 14.6. The minimum Gasteiger partial charge on any atom is -0.497 e. The van der Waals surface area contributed by atoms with E-state index in [2.05, 4.69) is 10.3 Å². The van der Waals surface area contributed by atoms with Crippen LogP contribution in [0, 0.1) is 5.82 Å². The molecular formula is C24H21FN2O3. The Bertz CT molecular complexity index is 1130. The molecule has 0 saturated carbocycles. The molecule has 1 aliphatic heterocycles. The molecule has 0 bridgehead atoms. The average Bonchev–Trinajstić information content (AvgIpc) is 3.25. The Hall–Kier alpha value is -3.51. The van der Waals surface area contributed by atoms with Gasteiger partial charge in [0.15, 0.2) is 0 Å². The van der Waals surface area contributed by atoms with E-state index in [0.29, 0.717) is 17.9 Å². The standard InChI is InChI=1S/C24H21FN2O3/c1-30-20-4-2-3-17(10-20)23(14-28)27-24(29)21-11-16(7-8-22(21)25)15-5-6-18-12-26-13-19(18)9-15/h2-11,13,23,28H,12,14H2,1H3,(H,27,29). The third-order valence-electron chi connectivity index (χ3n) is 5.17. The highest BCUT2D eigenvalue weighted by atomic mass is 19.1. The quantitative estimate of drug-likeness (QED) is 0.655. The summed E-state index contributed by atoms with van der Waals surface area (Å²) in [5, 5.41) is 12.5. The van der Waals surface area contributed by atoms with Crippen LogP contribution in [0.5, 0.6) is 5.75 Å². The van der Waals surface area contributed by atoms with Crippen molar-refractivity contribution in [2.45, 2.75) is 12.6 Å². The molecule has 2 N–H and O–H groups in total. The van der Waals surface area contributed by atoms with E-state index < -0.39 is 17.8 Å². The van der Waals surface area contributed by atoms with Crippen LogP contribution >= 0.6 is 0 Å². The number of amides is 1. The van der Waals surface area contributed by atoms with Gasteiger partial charge in [-0.1, -0.05) is 30.3 Å². The zero-order valence-electron chi connectivity index (χ0n) is 16.4. The predicted octanol–water partition coefficient (Wildman–Crippen LogP) is 3.90. The minimum atomic E-state index is -0.688. The molecule has 0 fully saturated rings. The fourth-order valence-corrected chi connectivity index (χ4v) is 3.49. The van der Waals surface area contributed by atoms with Crippen LogP contribution < -0.4 is 10.1 Å². The van der Waals surface area contributed by atoms with Gasteiger partial charge in [0.2, 0.25) is 0 Å². The first-order valence-electron chi connectivity index (χ1n) is 9.57. The van der Waals surface area contributed by atoms with Gasteiger partial charge < -0.3 is 15.2 Å². The largest absolute Gasteiger partial charge is 0.497 e. The van der Waals surface area contributed by atoms with Gasteiger partial charge in [0, 0.05) is 6.21 Å². The van der Waals surface area contributed by atoms with Crippen LogP contribution in [0.1, 0.15) is 33.1 Å². The third-order valence-corrected chi connectivity index (χ3v) is 5.17. The number of hydrogen-bond acceptors (Lipinski definition) is 4. The summed E-state index contributed by atoms with van der Waals surface area (Å²) in [6, 6.07) is 16.7. The van der Waals surface area contributed by atoms with E-state index in [1.807, 2.05) is 24.4 Å². The van der Waals surface area contributed by atoms with Crippen molar-refractivity contribution >= 4 is 12.1 Å². The number of aliphatic imine (C=N–C) groups is 1. The van der Waals surface area contributed by atoms with Gasteiger partial charge >= 0.3 is 0 Å². The summed E-state index contributed by atoms with van der Waals surface area (Å²) in [5.41, 5.74) is 4.36. The maximum absolute atomic E-state index is 14.5. The van der Waals surface area contributed by atoms with Crippen LogP contribution in [0.3, 0.4) is 0 Å². The first kappa shape index (κ1) is 19.8. The summed E-state index contributed by atoms with van der Waals surface area (Å²) < 4.78 is 19.7. The van der Waals surface area contributed by atoms with Gasteiger partial charge in [0.1, 0.15) is 11.6 Å². The number of fused-ring (bicyclic) bond motifs is 1. The lowest BCUT2D eigenvalue weighted by Gasteiger charge is -2.18. The van der Waals surface area contributed by atoms with Crippen molar-refractivity contribution in [2.75, 3.05) is 13.7 Å². The molecule has 1 unspecified atom stereocenters. The van der Waals surface area contributed by atoms with E-state index in [-0.39, 0.29) is 12.2 Å². The number of nitrogens with zero attached hydrogens (tertiary/aromatic N) is 1. The van der Waals surface area contributed by atoms with Gasteiger partial charge in [-0.15, -0.1) is 0 Å². The molecule has 0 spiro atoms. The van der Waals surface area contributed by atoms with Gasteiger partial charge in [0.25, 0.3) is 5.91 Å². The van der Waals surface area contributed by atoms with E-state index in [4.69, 9.17) is 4.74 Å². The van der Waals surface area contributed by atoms with Crippen molar-refractivity contribution in [1.29, 1.82) is 0 Å². The summed E-state index contributed by atoms with van der Waals surface area (Å²) in [6.07, 6.45) is 1.82. The summed E-state index contributed by atoms with van der Waals surface area (Å²) in [6.45, 7) is 0.337. The van der Waals surface area contributed by atoms with Crippen molar-refractivity contribution in [2.24, 2.45) is 4.99 Å². The average molecular weight is 404 g/mol. The molecule has 1 amide bonds. The van der Waals surface area contributed by atoms with Crippen LogP contribution in [-0.2, 0) is 6.54 Å². The number of hydrogen-bond donors (Lipinski definition) is 2. The maximum Gasteiger partial charge on any atom is 0.254 e. The maximum atomic E-state index is 14.5. The molecule has 4 rings (SSSR count). The van der Waals surface area contributed by atoms with E-state index in [9.17, 15) is 14.3 Å². The fraction of sp³-hybridized carbons (Fsp3) is 0.167. The van der Waals surface area contributed by atoms with E-state index in [1.54, 1.807) is 30.3 Å². The second-order valence-corrected chi connectivity index (χ2v) is 7.06. The third kappa shape index (κ3) is 3.95. The number of halogens is 1. The molecule has 0 radical (unpaired) electrons. The van der Waals surface area contributed by atoms with Crippen LogP contribution in [0.4, 0.5) is 4.39 Å². The molecule has 0 aromatic heterocycles. The topological polar surface area (TPSA) is 70.9 Å². The molecule has 1 heterocycles. The Labute approximate surface area is 173 Å². The summed E-state index contributed by atoms with van der Waals surface area (Å²) >= 11 is 0. The fourth-order valence-electron chi connectivity index (χ4n) is 3.49. The van der Waals surface area contributed by atoms with Crippen LogP contribution in [-0.4, -0.2) is 30.9 Å². The van der Waals surface area contributed by atoms with Crippen molar-refractivity contribution in [3.05, 3.63) is 88.7 Å². The highest BCUT2D eigenvalue weighted by Crippen LogP contribution is 2.27. The summed E-state index contributed by atoms with van der Waals surface area (Å²) in [5.74, 6) is -0.617. The number of aliphatic hydroxyl groups excluding tert-OH is 1. The smallest absolute Gasteiger partial charge is 0.254 e. The second-order valence-electron chi connectivity index (χ2n) is 7.06. The Kier molecular flexibility index (Phi) is 5.59. The first-order valence-corrected chi connectivity index (χ1v) is 9.57. The van der Waals surface area contributed by atoms with Crippen molar-refractivity contribution < 1.29 is 19.0 Å². The van der Waals surface area contributed by atoms with Gasteiger partial charge in [-0.3, -0.25) is 9.79 Å². The lowest BCUT2D eigenvalue weighted by molar-refractivity contribution is 0.0912. The zero-order valence-corrected chi connectivity index (χ0v) is 16.4. The number of benzene rings is 3. The molecule has 1 atom stereocenters. The van der Waals surface area contributed by atoms with Gasteiger partial charge in [-0.05, 0) is 58.1 Å². The van der Waals surface area contributed by atoms with Crippen LogP contribution in [0.2, 0.25) is 0 Å². The van der Waals surface area contributed by atoms with Crippen molar-refractivity contribution in [1.82, 2.24) is 5.32 Å². The van der Waals surface area contributed by atoms with Crippen LogP contribution in [0.15, 0.2) is 65.7 Å². The normalized spacial score (nSPS) is 13.0. The molecule has 5 nitrogen and oxygen atoms in total. The van der Waals surface area contributed by atoms with Gasteiger partial charge in [0.05, 0.1) is 31.9 Å². The Morgan fingerprint density at radius 2 is 1.97 bits per heavy atom. The molecule has 3 aromatic rings. The lowest BCUT2D eigenvalue weighted by atomic mass is 9.98. The molecule has 6 heteroatoms. The predicted molar refractivity (Wildman–Crippen MR) is 113 cm³/mol. The van der Waals surface area contributed by atoms with Crippen molar-refractivity contribution in [3.63, 3.8) is 0 Å². The van der Waals surface area contributed by atoms with E-state index in [1.165, 1.54) is 19.2 Å². The highest BCUT2D eigenvalue weighted by molar-refractivity contribution is 5.96. The van der Waals surface area contributed by atoms with Crippen LogP contribution in [0.25, 0.3) is 11.1 Å². The lowest BCUT2D eigenvalue weighted by Crippen LogP contribution is -2.31. The Morgan fingerprint density at radius 1 is 1.17 bits per heavy atom. The number of carbonyl (C=O) groups excluding carboxylic acids is 1. The number of methoxy groups -OCH3 is 1.